The van der Waals surface area contributed by atoms with E-state index in [0.29, 0.717) is 11.5 Å². The van der Waals surface area contributed by atoms with E-state index >= 15 is 0 Å². The third-order valence-electron chi connectivity index (χ3n) is 4.45. The molecule has 1 heterocycles. The number of rotatable bonds is 4. The molecule has 0 saturated heterocycles. The Hall–Kier alpha value is -0.640. The molecule has 2 aliphatic rings. The van der Waals surface area contributed by atoms with Crippen molar-refractivity contribution in [1.82, 2.24) is 14.8 Å². The quantitative estimate of drug-likeness (QED) is 0.830. The smallest absolute Gasteiger partial charge is 0.195 e. The maximum atomic E-state index is 5.43. The molecule has 3 rings (SSSR count). The molecule has 2 saturated carbocycles. The SMILES string of the molecule is CC(C)CC1(c2n[nH]c(=S)n2C2CC2)CCCC1. The largest absolute Gasteiger partial charge is 0.301 e. The van der Waals surface area contributed by atoms with E-state index in [9.17, 15) is 0 Å². The Bertz CT molecular complexity index is 475. The van der Waals surface area contributed by atoms with Crippen molar-refractivity contribution in [1.29, 1.82) is 0 Å². The van der Waals surface area contributed by atoms with Crippen molar-refractivity contribution < 1.29 is 0 Å². The average molecular weight is 265 g/mol. The zero-order chi connectivity index (χ0) is 12.8. The summed E-state index contributed by atoms with van der Waals surface area (Å²) in [6.45, 7) is 4.64. The fourth-order valence-electron chi connectivity index (χ4n) is 3.70. The van der Waals surface area contributed by atoms with Crippen molar-refractivity contribution in [3.05, 3.63) is 10.6 Å². The maximum absolute atomic E-state index is 5.43. The normalized spacial score (nSPS) is 22.8. The minimum absolute atomic E-state index is 0.296. The van der Waals surface area contributed by atoms with Crippen LogP contribution >= 0.6 is 12.2 Å². The summed E-state index contributed by atoms with van der Waals surface area (Å²) >= 11 is 5.43. The van der Waals surface area contributed by atoms with E-state index in [1.165, 1.54) is 50.8 Å². The molecule has 0 spiro atoms. The first-order valence-corrected chi connectivity index (χ1v) is 7.71. The maximum Gasteiger partial charge on any atom is 0.195 e. The zero-order valence-electron chi connectivity index (χ0n) is 11.4. The van der Waals surface area contributed by atoms with Gasteiger partial charge in [0.15, 0.2) is 4.77 Å². The van der Waals surface area contributed by atoms with E-state index < -0.39 is 0 Å². The first-order chi connectivity index (χ1) is 8.62. The van der Waals surface area contributed by atoms with Crippen molar-refractivity contribution in [2.45, 2.75) is 70.3 Å². The van der Waals surface area contributed by atoms with Gasteiger partial charge in [0, 0.05) is 11.5 Å². The Balaban J connectivity index is 2.02. The molecule has 0 radical (unpaired) electrons. The van der Waals surface area contributed by atoms with Gasteiger partial charge in [-0.2, -0.15) is 5.10 Å². The van der Waals surface area contributed by atoms with Gasteiger partial charge in [0.25, 0.3) is 0 Å². The number of aromatic amines is 1. The van der Waals surface area contributed by atoms with Crippen LogP contribution in [0.25, 0.3) is 0 Å². The second-order valence-corrected chi connectivity index (χ2v) is 6.93. The monoisotopic (exact) mass is 265 g/mol. The van der Waals surface area contributed by atoms with Gasteiger partial charge in [-0.1, -0.05) is 26.7 Å². The van der Waals surface area contributed by atoms with Gasteiger partial charge in [0.2, 0.25) is 0 Å². The number of aromatic nitrogens is 3. The molecular formula is C14H23N3S. The summed E-state index contributed by atoms with van der Waals surface area (Å²) in [5.41, 5.74) is 0.296. The van der Waals surface area contributed by atoms with Crippen LogP contribution in [-0.4, -0.2) is 14.8 Å². The summed E-state index contributed by atoms with van der Waals surface area (Å²) in [6.07, 6.45) is 9.07. The molecular weight excluding hydrogens is 242 g/mol. The van der Waals surface area contributed by atoms with Crippen LogP contribution in [0.2, 0.25) is 0 Å². The van der Waals surface area contributed by atoms with Crippen LogP contribution < -0.4 is 0 Å². The Labute approximate surface area is 114 Å². The molecule has 0 atom stereocenters. The lowest BCUT2D eigenvalue weighted by atomic mass is 9.77. The van der Waals surface area contributed by atoms with Gasteiger partial charge < -0.3 is 4.57 Å². The average Bonchev–Trinajstić information content (AvgIpc) is 2.90. The minimum atomic E-state index is 0.296. The second-order valence-electron chi connectivity index (χ2n) is 6.54. The molecule has 1 aromatic heterocycles. The van der Waals surface area contributed by atoms with E-state index in [0.717, 1.165) is 10.7 Å². The summed E-state index contributed by atoms with van der Waals surface area (Å²) in [6, 6.07) is 0.635. The lowest BCUT2D eigenvalue weighted by molar-refractivity contribution is 0.316. The van der Waals surface area contributed by atoms with E-state index in [1.54, 1.807) is 0 Å². The molecule has 4 heteroatoms. The molecule has 0 unspecified atom stereocenters. The number of H-pyrrole nitrogens is 1. The van der Waals surface area contributed by atoms with Crippen molar-refractivity contribution >= 4 is 12.2 Å². The van der Waals surface area contributed by atoms with Crippen molar-refractivity contribution in [3.63, 3.8) is 0 Å². The first-order valence-electron chi connectivity index (χ1n) is 7.30. The molecule has 0 aromatic carbocycles. The highest BCUT2D eigenvalue weighted by Crippen LogP contribution is 2.47. The Morgan fingerprint density at radius 2 is 2.06 bits per heavy atom. The Morgan fingerprint density at radius 1 is 1.39 bits per heavy atom. The molecule has 0 bridgehead atoms. The molecule has 0 amide bonds. The summed E-state index contributed by atoms with van der Waals surface area (Å²) in [5.74, 6) is 1.99. The summed E-state index contributed by atoms with van der Waals surface area (Å²) in [7, 11) is 0. The third-order valence-corrected chi connectivity index (χ3v) is 4.74. The van der Waals surface area contributed by atoms with Crippen LogP contribution in [0.15, 0.2) is 0 Å². The van der Waals surface area contributed by atoms with Gasteiger partial charge in [0.1, 0.15) is 5.82 Å². The third kappa shape index (κ3) is 2.04. The van der Waals surface area contributed by atoms with E-state index in [2.05, 4.69) is 28.6 Å². The Morgan fingerprint density at radius 3 is 2.61 bits per heavy atom. The lowest BCUT2D eigenvalue weighted by Crippen LogP contribution is -2.28. The molecule has 18 heavy (non-hydrogen) atoms. The van der Waals surface area contributed by atoms with Gasteiger partial charge in [-0.3, -0.25) is 5.10 Å². The molecule has 2 fully saturated rings. The molecule has 2 aliphatic carbocycles. The van der Waals surface area contributed by atoms with Gasteiger partial charge in [-0.05, 0) is 50.2 Å². The number of hydrogen-bond donors (Lipinski definition) is 1. The van der Waals surface area contributed by atoms with Gasteiger partial charge in [-0.25, -0.2) is 0 Å². The van der Waals surface area contributed by atoms with Gasteiger partial charge in [0.05, 0.1) is 0 Å². The minimum Gasteiger partial charge on any atom is -0.301 e. The highest BCUT2D eigenvalue weighted by atomic mass is 32.1. The molecule has 0 aliphatic heterocycles. The van der Waals surface area contributed by atoms with E-state index in [1.807, 2.05) is 0 Å². The van der Waals surface area contributed by atoms with Crippen LogP contribution in [0.3, 0.4) is 0 Å². The van der Waals surface area contributed by atoms with Crippen LogP contribution in [0.4, 0.5) is 0 Å². The van der Waals surface area contributed by atoms with E-state index in [-0.39, 0.29) is 0 Å². The highest BCUT2D eigenvalue weighted by molar-refractivity contribution is 7.71. The number of hydrogen-bond acceptors (Lipinski definition) is 2. The summed E-state index contributed by atoms with van der Waals surface area (Å²) in [5, 5.41) is 7.68. The molecule has 1 aromatic rings. The highest BCUT2D eigenvalue weighted by Gasteiger charge is 2.42. The number of nitrogens with one attached hydrogen (secondary N) is 1. The summed E-state index contributed by atoms with van der Waals surface area (Å²) < 4.78 is 3.17. The fraction of sp³-hybridized carbons (Fsp3) is 0.857. The second kappa shape index (κ2) is 4.48. The zero-order valence-corrected chi connectivity index (χ0v) is 12.2. The van der Waals surface area contributed by atoms with Crippen molar-refractivity contribution in [3.8, 4) is 0 Å². The fourth-order valence-corrected chi connectivity index (χ4v) is 3.98. The van der Waals surface area contributed by atoms with Crippen molar-refractivity contribution in [2.75, 3.05) is 0 Å². The lowest BCUT2D eigenvalue weighted by Gasteiger charge is -2.30. The first kappa shape index (κ1) is 12.4. The van der Waals surface area contributed by atoms with Crippen LogP contribution in [-0.2, 0) is 5.41 Å². The van der Waals surface area contributed by atoms with E-state index in [4.69, 9.17) is 12.2 Å². The topological polar surface area (TPSA) is 33.6 Å². The molecule has 100 valence electrons. The molecule has 1 N–H and O–H groups in total. The van der Waals surface area contributed by atoms with Crippen LogP contribution in [0.5, 0.6) is 0 Å². The standard InChI is InChI=1S/C14H23N3S/c1-10(2)9-14(7-3-4-8-14)12-15-16-13(18)17(12)11-5-6-11/h10-11H,3-9H2,1-2H3,(H,16,18). The number of nitrogens with zero attached hydrogens (tertiary/aromatic N) is 2. The Kier molecular flexibility index (Phi) is 3.08. The predicted octanol–water partition coefficient (Wildman–Crippen LogP) is 4.13. The van der Waals surface area contributed by atoms with Gasteiger partial charge in [-0.15, -0.1) is 0 Å². The van der Waals surface area contributed by atoms with Gasteiger partial charge >= 0.3 is 0 Å². The molecule has 3 nitrogen and oxygen atoms in total. The predicted molar refractivity (Wildman–Crippen MR) is 75.3 cm³/mol. The van der Waals surface area contributed by atoms with Crippen molar-refractivity contribution in [2.24, 2.45) is 5.92 Å². The summed E-state index contributed by atoms with van der Waals surface area (Å²) in [4.78, 5) is 0. The van der Waals surface area contributed by atoms with Crippen LogP contribution in [0.1, 0.15) is 70.7 Å². The van der Waals surface area contributed by atoms with Crippen LogP contribution in [0, 0.1) is 10.7 Å².